The van der Waals surface area contributed by atoms with Gasteiger partial charge in [0.2, 0.25) is 0 Å². The van der Waals surface area contributed by atoms with E-state index in [0.29, 0.717) is 28.2 Å². The van der Waals surface area contributed by atoms with Gasteiger partial charge in [0.05, 0.1) is 5.69 Å². The second-order valence-corrected chi connectivity index (χ2v) is 5.78. The van der Waals surface area contributed by atoms with Crippen LogP contribution in [0.3, 0.4) is 0 Å². The van der Waals surface area contributed by atoms with Gasteiger partial charge in [0.1, 0.15) is 5.52 Å². The largest absolute Gasteiger partial charge is 0.441 e. The van der Waals surface area contributed by atoms with E-state index in [0.717, 1.165) is 11.1 Å². The van der Waals surface area contributed by atoms with E-state index in [9.17, 15) is 4.79 Å². The van der Waals surface area contributed by atoms with Gasteiger partial charge in [0.15, 0.2) is 11.5 Å². The lowest BCUT2D eigenvalue weighted by atomic mass is 10.0. The fraction of sp³-hybridized carbons (Fsp3) is 0.0476. The summed E-state index contributed by atoms with van der Waals surface area (Å²) in [6, 6.07) is 23.1. The number of carbonyl (C=O) groups is 1. The molecule has 1 amide bonds. The van der Waals surface area contributed by atoms with Gasteiger partial charge in [-0.05, 0) is 35.4 Å². The Kier molecular flexibility index (Phi) is 3.78. The number of nitrogens with zero attached hydrogens (tertiary/aromatic N) is 1. The van der Waals surface area contributed by atoms with E-state index in [1.54, 1.807) is 6.92 Å². The minimum atomic E-state index is -0.173. The number of hydrogen-bond acceptors (Lipinski definition) is 3. The predicted octanol–water partition coefficient (Wildman–Crippen LogP) is 5.06. The molecule has 0 aliphatic rings. The molecule has 4 heteroatoms. The summed E-state index contributed by atoms with van der Waals surface area (Å²) in [5.74, 6) is 0.400. The van der Waals surface area contributed by atoms with Crippen molar-refractivity contribution in [1.82, 2.24) is 4.98 Å². The van der Waals surface area contributed by atoms with Gasteiger partial charge in [-0.15, -0.1) is 0 Å². The molecule has 4 aromatic rings. The molecule has 0 radical (unpaired) electrons. The Labute approximate surface area is 145 Å². The van der Waals surface area contributed by atoms with E-state index in [1.807, 2.05) is 72.8 Å². The van der Waals surface area contributed by atoms with Gasteiger partial charge in [-0.1, -0.05) is 48.5 Å². The smallest absolute Gasteiger partial charge is 0.255 e. The molecule has 0 spiro atoms. The summed E-state index contributed by atoms with van der Waals surface area (Å²) in [4.78, 5) is 16.9. The number of aryl methyl sites for hydroxylation is 1. The number of anilines is 1. The van der Waals surface area contributed by atoms with E-state index < -0.39 is 0 Å². The van der Waals surface area contributed by atoms with Crippen molar-refractivity contribution in [1.29, 1.82) is 0 Å². The number of amides is 1. The average molecular weight is 328 g/mol. The molecule has 1 aromatic heterocycles. The molecule has 122 valence electrons. The minimum Gasteiger partial charge on any atom is -0.441 e. The molecule has 0 saturated heterocycles. The van der Waals surface area contributed by atoms with Crippen molar-refractivity contribution in [2.24, 2.45) is 0 Å². The monoisotopic (exact) mass is 328 g/mol. The predicted molar refractivity (Wildman–Crippen MR) is 98.6 cm³/mol. The maximum Gasteiger partial charge on any atom is 0.255 e. The molecule has 1 N–H and O–H groups in total. The maximum absolute atomic E-state index is 12.5. The van der Waals surface area contributed by atoms with Gasteiger partial charge in [-0.3, -0.25) is 4.79 Å². The molecule has 4 nitrogen and oxygen atoms in total. The number of fused-ring (bicyclic) bond motifs is 1. The zero-order chi connectivity index (χ0) is 17.2. The first-order valence-corrected chi connectivity index (χ1v) is 8.04. The average Bonchev–Trinajstić information content (AvgIpc) is 3.04. The summed E-state index contributed by atoms with van der Waals surface area (Å²) >= 11 is 0. The van der Waals surface area contributed by atoms with Crippen LogP contribution >= 0.6 is 0 Å². The molecule has 0 bridgehead atoms. The molecule has 3 aromatic carbocycles. The quantitative estimate of drug-likeness (QED) is 0.572. The van der Waals surface area contributed by atoms with Crippen LogP contribution < -0.4 is 5.32 Å². The molecule has 0 atom stereocenters. The number of para-hydroxylation sites is 1. The Morgan fingerprint density at radius 1 is 0.880 bits per heavy atom. The van der Waals surface area contributed by atoms with E-state index >= 15 is 0 Å². The Morgan fingerprint density at radius 2 is 1.60 bits per heavy atom. The van der Waals surface area contributed by atoms with Crippen LogP contribution in [0.5, 0.6) is 0 Å². The normalized spacial score (nSPS) is 10.8. The SMILES string of the molecule is Cc1nc2c(NC(=O)c3ccc(-c4ccccc4)cc3)cccc2o1. The van der Waals surface area contributed by atoms with Crippen LogP contribution in [0.15, 0.2) is 77.2 Å². The van der Waals surface area contributed by atoms with Crippen LogP contribution in [0.25, 0.3) is 22.2 Å². The minimum absolute atomic E-state index is 0.173. The number of oxazole rings is 1. The molecule has 4 rings (SSSR count). The third-order valence-corrected chi connectivity index (χ3v) is 4.03. The number of rotatable bonds is 3. The second kappa shape index (κ2) is 6.24. The molecule has 0 saturated carbocycles. The third-order valence-electron chi connectivity index (χ3n) is 4.03. The van der Waals surface area contributed by atoms with Gasteiger partial charge in [0, 0.05) is 12.5 Å². The number of nitrogens with one attached hydrogen (secondary N) is 1. The highest BCUT2D eigenvalue weighted by molar-refractivity contribution is 6.08. The highest BCUT2D eigenvalue weighted by atomic mass is 16.3. The summed E-state index contributed by atoms with van der Waals surface area (Å²) in [5, 5.41) is 2.91. The fourth-order valence-corrected chi connectivity index (χ4v) is 2.80. The molecular formula is C21H16N2O2. The van der Waals surface area contributed by atoms with Crippen molar-refractivity contribution in [3.05, 3.63) is 84.3 Å². The Hall–Kier alpha value is -3.40. The Balaban J connectivity index is 1.58. The molecule has 1 heterocycles. The van der Waals surface area contributed by atoms with E-state index in [2.05, 4.69) is 10.3 Å². The molecule has 0 aliphatic carbocycles. The van der Waals surface area contributed by atoms with Crippen molar-refractivity contribution >= 4 is 22.7 Å². The van der Waals surface area contributed by atoms with E-state index in [1.165, 1.54) is 0 Å². The first-order chi connectivity index (χ1) is 12.2. The number of benzene rings is 3. The highest BCUT2D eigenvalue weighted by Gasteiger charge is 2.12. The van der Waals surface area contributed by atoms with Gasteiger partial charge in [-0.2, -0.15) is 0 Å². The Morgan fingerprint density at radius 3 is 2.36 bits per heavy atom. The van der Waals surface area contributed by atoms with Crippen LogP contribution in [-0.2, 0) is 0 Å². The standard InChI is InChI=1S/C21H16N2O2/c1-14-22-20-18(8-5-9-19(20)25-14)23-21(24)17-12-10-16(11-13-17)15-6-3-2-4-7-15/h2-13H,1H3,(H,23,24). The fourth-order valence-electron chi connectivity index (χ4n) is 2.80. The van der Waals surface area contributed by atoms with Crippen LogP contribution in [0.1, 0.15) is 16.2 Å². The van der Waals surface area contributed by atoms with Crippen molar-refractivity contribution < 1.29 is 9.21 Å². The third kappa shape index (κ3) is 3.02. The van der Waals surface area contributed by atoms with Gasteiger partial charge in [0.25, 0.3) is 5.91 Å². The number of aromatic nitrogens is 1. The van der Waals surface area contributed by atoms with Gasteiger partial charge < -0.3 is 9.73 Å². The van der Waals surface area contributed by atoms with Crippen molar-refractivity contribution in [2.45, 2.75) is 6.92 Å². The lowest BCUT2D eigenvalue weighted by Gasteiger charge is -2.07. The van der Waals surface area contributed by atoms with E-state index in [-0.39, 0.29) is 5.91 Å². The van der Waals surface area contributed by atoms with Crippen LogP contribution in [0.2, 0.25) is 0 Å². The topological polar surface area (TPSA) is 55.1 Å². The lowest BCUT2D eigenvalue weighted by Crippen LogP contribution is -2.12. The number of hydrogen-bond donors (Lipinski definition) is 1. The summed E-state index contributed by atoms with van der Waals surface area (Å²) < 4.78 is 5.50. The summed E-state index contributed by atoms with van der Waals surface area (Å²) in [6.07, 6.45) is 0. The molecule has 25 heavy (non-hydrogen) atoms. The summed E-state index contributed by atoms with van der Waals surface area (Å²) in [7, 11) is 0. The first-order valence-electron chi connectivity index (χ1n) is 8.04. The molecule has 0 aliphatic heterocycles. The van der Waals surface area contributed by atoms with Crippen molar-refractivity contribution in [2.75, 3.05) is 5.32 Å². The number of carbonyl (C=O) groups excluding carboxylic acids is 1. The van der Waals surface area contributed by atoms with Crippen molar-refractivity contribution in [3.8, 4) is 11.1 Å². The van der Waals surface area contributed by atoms with Crippen LogP contribution in [-0.4, -0.2) is 10.9 Å². The Bertz CT molecular complexity index is 1030. The molecule has 0 unspecified atom stereocenters. The van der Waals surface area contributed by atoms with Gasteiger partial charge >= 0.3 is 0 Å². The zero-order valence-corrected chi connectivity index (χ0v) is 13.7. The highest BCUT2D eigenvalue weighted by Crippen LogP contribution is 2.24. The van der Waals surface area contributed by atoms with Crippen molar-refractivity contribution in [3.63, 3.8) is 0 Å². The second-order valence-electron chi connectivity index (χ2n) is 5.78. The lowest BCUT2D eigenvalue weighted by molar-refractivity contribution is 0.102. The van der Waals surface area contributed by atoms with E-state index in [4.69, 9.17) is 4.42 Å². The summed E-state index contributed by atoms with van der Waals surface area (Å²) in [6.45, 7) is 1.79. The first kappa shape index (κ1) is 15.1. The summed E-state index contributed by atoms with van der Waals surface area (Å²) in [5.41, 5.74) is 4.76. The zero-order valence-electron chi connectivity index (χ0n) is 13.7. The molecule has 0 fully saturated rings. The van der Waals surface area contributed by atoms with Gasteiger partial charge in [-0.25, -0.2) is 4.98 Å². The van der Waals surface area contributed by atoms with Crippen LogP contribution in [0.4, 0.5) is 5.69 Å². The molecular weight excluding hydrogens is 312 g/mol. The maximum atomic E-state index is 12.5. The van der Waals surface area contributed by atoms with Crippen LogP contribution in [0, 0.1) is 6.92 Å².